The average Bonchev–Trinajstić information content (AvgIpc) is 2.29. The molecule has 1 amide bonds. The Balaban J connectivity index is 0.00000289. The van der Waals surface area contributed by atoms with Gasteiger partial charge in [-0.3, -0.25) is 4.79 Å². The second-order valence-electron chi connectivity index (χ2n) is 4.14. The van der Waals surface area contributed by atoms with Gasteiger partial charge >= 0.3 is 0 Å². The van der Waals surface area contributed by atoms with Crippen LogP contribution in [0.3, 0.4) is 0 Å². The van der Waals surface area contributed by atoms with Crippen LogP contribution >= 0.6 is 12.4 Å². The minimum Gasteiger partial charge on any atom is -0.497 e. The molecule has 1 aromatic carbocycles. The van der Waals surface area contributed by atoms with Crippen LogP contribution in [0.25, 0.3) is 0 Å². The topological polar surface area (TPSA) is 64.3 Å². The van der Waals surface area contributed by atoms with Crippen molar-refractivity contribution >= 4 is 18.3 Å². The number of rotatable bonds is 6. The Morgan fingerprint density at radius 3 is 2.50 bits per heavy atom. The van der Waals surface area contributed by atoms with Gasteiger partial charge in [-0.2, -0.15) is 0 Å². The molecule has 0 fully saturated rings. The number of carbonyl (C=O) groups is 1. The van der Waals surface area contributed by atoms with Gasteiger partial charge in [-0.15, -0.1) is 12.4 Å². The maximum atomic E-state index is 11.6. The summed E-state index contributed by atoms with van der Waals surface area (Å²) in [5.74, 6) is 0.821. The van der Waals surface area contributed by atoms with Crippen molar-refractivity contribution in [2.24, 2.45) is 5.73 Å². The van der Waals surface area contributed by atoms with Gasteiger partial charge in [-0.25, -0.2) is 0 Å². The first kappa shape index (κ1) is 16.7. The summed E-state index contributed by atoms with van der Waals surface area (Å²) < 4.78 is 5.05. The zero-order valence-corrected chi connectivity index (χ0v) is 11.6. The van der Waals surface area contributed by atoms with E-state index in [1.807, 2.05) is 31.2 Å². The number of hydrogen-bond donors (Lipinski definition) is 2. The van der Waals surface area contributed by atoms with Crippen molar-refractivity contribution in [2.75, 3.05) is 13.7 Å². The first-order valence-corrected chi connectivity index (χ1v) is 5.77. The van der Waals surface area contributed by atoms with Crippen molar-refractivity contribution in [3.63, 3.8) is 0 Å². The molecule has 0 heterocycles. The first-order chi connectivity index (χ1) is 8.11. The average molecular weight is 273 g/mol. The third kappa shape index (κ3) is 6.47. The predicted molar refractivity (Wildman–Crippen MR) is 75.2 cm³/mol. The minimum absolute atomic E-state index is 0. The van der Waals surface area contributed by atoms with Crippen LogP contribution in [0.1, 0.15) is 18.9 Å². The SMILES string of the molecule is COc1ccc(CC(=O)NCCC(C)N)cc1.Cl. The molecule has 0 bridgehead atoms. The summed E-state index contributed by atoms with van der Waals surface area (Å²) in [7, 11) is 1.62. The fraction of sp³-hybridized carbons (Fsp3) is 0.462. The number of carbonyl (C=O) groups excluding carboxylic acids is 1. The van der Waals surface area contributed by atoms with E-state index in [1.165, 1.54) is 0 Å². The molecule has 0 radical (unpaired) electrons. The van der Waals surface area contributed by atoms with Crippen LogP contribution in [-0.4, -0.2) is 25.6 Å². The highest BCUT2D eigenvalue weighted by Gasteiger charge is 2.03. The lowest BCUT2D eigenvalue weighted by molar-refractivity contribution is -0.120. The largest absolute Gasteiger partial charge is 0.497 e. The number of halogens is 1. The van der Waals surface area contributed by atoms with Crippen molar-refractivity contribution < 1.29 is 9.53 Å². The molecule has 0 saturated carbocycles. The first-order valence-electron chi connectivity index (χ1n) is 5.77. The lowest BCUT2D eigenvalue weighted by Crippen LogP contribution is -2.29. The van der Waals surface area contributed by atoms with Crippen molar-refractivity contribution in [3.8, 4) is 5.75 Å². The molecular weight excluding hydrogens is 252 g/mol. The highest BCUT2D eigenvalue weighted by molar-refractivity contribution is 5.85. The molecule has 3 N–H and O–H groups in total. The van der Waals surface area contributed by atoms with Gasteiger partial charge in [-0.1, -0.05) is 12.1 Å². The number of amides is 1. The summed E-state index contributed by atoms with van der Waals surface area (Å²) in [6, 6.07) is 7.61. The third-order valence-corrected chi connectivity index (χ3v) is 2.45. The monoisotopic (exact) mass is 272 g/mol. The molecule has 0 aliphatic rings. The van der Waals surface area contributed by atoms with Crippen LogP contribution in [0, 0.1) is 0 Å². The highest BCUT2D eigenvalue weighted by atomic mass is 35.5. The van der Waals surface area contributed by atoms with Crippen molar-refractivity contribution in [2.45, 2.75) is 25.8 Å². The number of ether oxygens (including phenoxy) is 1. The Morgan fingerprint density at radius 2 is 2.00 bits per heavy atom. The smallest absolute Gasteiger partial charge is 0.224 e. The molecule has 1 atom stereocenters. The van der Waals surface area contributed by atoms with E-state index in [0.29, 0.717) is 13.0 Å². The van der Waals surface area contributed by atoms with E-state index in [0.717, 1.165) is 17.7 Å². The Morgan fingerprint density at radius 1 is 1.39 bits per heavy atom. The molecule has 1 aromatic rings. The minimum atomic E-state index is 0. The molecular formula is C13H21ClN2O2. The quantitative estimate of drug-likeness (QED) is 0.825. The molecule has 0 spiro atoms. The van der Waals surface area contributed by atoms with Crippen LogP contribution in [0.5, 0.6) is 5.75 Å². The van der Waals surface area contributed by atoms with Crippen LogP contribution in [-0.2, 0) is 11.2 Å². The molecule has 4 nitrogen and oxygen atoms in total. The Hall–Kier alpha value is -1.26. The van der Waals surface area contributed by atoms with Crippen LogP contribution in [0.15, 0.2) is 24.3 Å². The highest BCUT2D eigenvalue weighted by Crippen LogP contribution is 2.11. The fourth-order valence-electron chi connectivity index (χ4n) is 1.43. The summed E-state index contributed by atoms with van der Waals surface area (Å²) in [6.45, 7) is 2.56. The summed E-state index contributed by atoms with van der Waals surface area (Å²) >= 11 is 0. The van der Waals surface area contributed by atoms with E-state index in [4.69, 9.17) is 10.5 Å². The Kier molecular flexibility index (Phi) is 8.16. The van der Waals surface area contributed by atoms with E-state index < -0.39 is 0 Å². The van der Waals surface area contributed by atoms with E-state index in [2.05, 4.69) is 5.32 Å². The van der Waals surface area contributed by atoms with Crippen molar-refractivity contribution in [1.82, 2.24) is 5.32 Å². The van der Waals surface area contributed by atoms with Crippen LogP contribution < -0.4 is 15.8 Å². The van der Waals surface area contributed by atoms with Crippen molar-refractivity contribution in [1.29, 1.82) is 0 Å². The van der Waals surface area contributed by atoms with Crippen LogP contribution in [0.4, 0.5) is 0 Å². The van der Waals surface area contributed by atoms with Gasteiger partial charge in [0.2, 0.25) is 5.91 Å². The fourth-order valence-corrected chi connectivity index (χ4v) is 1.43. The van der Waals surface area contributed by atoms with Gasteiger partial charge in [0.25, 0.3) is 0 Å². The molecule has 1 rings (SSSR count). The number of methoxy groups -OCH3 is 1. The normalized spacial score (nSPS) is 11.3. The number of nitrogens with two attached hydrogens (primary N) is 1. The second-order valence-corrected chi connectivity index (χ2v) is 4.14. The molecule has 0 saturated heterocycles. The van der Waals surface area contributed by atoms with Crippen LogP contribution in [0.2, 0.25) is 0 Å². The number of hydrogen-bond acceptors (Lipinski definition) is 3. The lowest BCUT2D eigenvalue weighted by atomic mass is 10.1. The summed E-state index contributed by atoms with van der Waals surface area (Å²) in [4.78, 5) is 11.6. The second kappa shape index (κ2) is 8.78. The van der Waals surface area contributed by atoms with E-state index >= 15 is 0 Å². The number of benzene rings is 1. The zero-order valence-electron chi connectivity index (χ0n) is 10.8. The van der Waals surface area contributed by atoms with E-state index in [9.17, 15) is 4.79 Å². The molecule has 1 unspecified atom stereocenters. The summed E-state index contributed by atoms with van der Waals surface area (Å²) in [5.41, 5.74) is 6.57. The van der Waals surface area contributed by atoms with Gasteiger partial charge in [0.1, 0.15) is 5.75 Å². The summed E-state index contributed by atoms with van der Waals surface area (Å²) in [6.07, 6.45) is 1.19. The molecule has 0 aliphatic carbocycles. The lowest BCUT2D eigenvalue weighted by Gasteiger charge is -2.07. The molecule has 102 valence electrons. The third-order valence-electron chi connectivity index (χ3n) is 2.45. The molecule has 0 aromatic heterocycles. The predicted octanol–water partition coefficient (Wildman–Crippen LogP) is 1.51. The maximum Gasteiger partial charge on any atom is 0.224 e. The zero-order chi connectivity index (χ0) is 12.7. The van der Waals surface area contributed by atoms with Gasteiger partial charge in [0.05, 0.1) is 13.5 Å². The van der Waals surface area contributed by atoms with Gasteiger partial charge in [0.15, 0.2) is 0 Å². The van der Waals surface area contributed by atoms with E-state index in [-0.39, 0.29) is 24.4 Å². The van der Waals surface area contributed by atoms with Gasteiger partial charge < -0.3 is 15.8 Å². The molecule has 0 aliphatic heterocycles. The molecule has 18 heavy (non-hydrogen) atoms. The maximum absolute atomic E-state index is 11.6. The molecule has 5 heteroatoms. The Labute approximate surface area is 114 Å². The van der Waals surface area contributed by atoms with Gasteiger partial charge in [-0.05, 0) is 31.0 Å². The van der Waals surface area contributed by atoms with E-state index in [1.54, 1.807) is 7.11 Å². The van der Waals surface area contributed by atoms with Crippen molar-refractivity contribution in [3.05, 3.63) is 29.8 Å². The van der Waals surface area contributed by atoms with Gasteiger partial charge in [0, 0.05) is 12.6 Å². The standard InChI is InChI=1S/C13H20N2O2.ClH/c1-10(14)7-8-15-13(16)9-11-3-5-12(17-2)6-4-11;/h3-6,10H,7-9,14H2,1-2H3,(H,15,16);1H. The Bertz CT molecular complexity index is 353. The summed E-state index contributed by atoms with van der Waals surface area (Å²) in [5, 5.41) is 2.84. The number of nitrogens with one attached hydrogen (secondary N) is 1.